The third-order valence-electron chi connectivity index (χ3n) is 1.99. The molecule has 0 amide bonds. The van der Waals surface area contributed by atoms with Crippen molar-refractivity contribution >= 4 is 9.84 Å². The fraction of sp³-hybridized carbons (Fsp3) is 0.556. The highest BCUT2D eigenvalue weighted by molar-refractivity contribution is 7.94. The molecule has 1 aliphatic carbocycles. The fourth-order valence-corrected chi connectivity index (χ4v) is 2.07. The third kappa shape index (κ3) is 3.25. The fourth-order valence-electron chi connectivity index (χ4n) is 1.27. The molecule has 0 fully saturated rings. The lowest BCUT2D eigenvalue weighted by atomic mass is 10.1. The maximum atomic E-state index is 11.2. The van der Waals surface area contributed by atoms with Crippen LogP contribution in [0, 0.1) is 0 Å². The molecule has 0 bridgehead atoms. The topological polar surface area (TPSA) is 55.4 Å². The average molecular weight is 217 g/mol. The molecule has 0 aromatic carbocycles. The molecule has 0 atom stereocenters. The van der Waals surface area contributed by atoms with Crippen LogP contribution < -0.4 is 5.48 Å². The summed E-state index contributed by atoms with van der Waals surface area (Å²) in [5, 5.41) is 0. The Morgan fingerprint density at radius 3 is 2.86 bits per heavy atom. The van der Waals surface area contributed by atoms with Gasteiger partial charge in [0.1, 0.15) is 0 Å². The van der Waals surface area contributed by atoms with Crippen LogP contribution >= 0.6 is 0 Å². The van der Waals surface area contributed by atoms with E-state index in [2.05, 4.69) is 5.48 Å². The molecule has 14 heavy (non-hydrogen) atoms. The summed E-state index contributed by atoms with van der Waals surface area (Å²) in [5.74, 6) is 0. The summed E-state index contributed by atoms with van der Waals surface area (Å²) in [7, 11) is -1.40. The molecular formula is C9H15NO3S. The molecule has 0 radical (unpaired) electrons. The van der Waals surface area contributed by atoms with Crippen molar-refractivity contribution in [1.82, 2.24) is 5.48 Å². The highest BCUT2D eigenvalue weighted by atomic mass is 32.2. The molecule has 1 N–H and O–H groups in total. The zero-order valence-corrected chi connectivity index (χ0v) is 9.23. The Bertz CT molecular complexity index is 354. The lowest BCUT2D eigenvalue weighted by Gasteiger charge is -2.12. The summed E-state index contributed by atoms with van der Waals surface area (Å²) in [6.45, 7) is 0.434. The maximum Gasteiger partial charge on any atom is 0.175 e. The second kappa shape index (κ2) is 4.72. The van der Waals surface area contributed by atoms with Crippen molar-refractivity contribution in [3.05, 3.63) is 22.6 Å². The van der Waals surface area contributed by atoms with Gasteiger partial charge in [0.15, 0.2) is 9.84 Å². The molecule has 0 saturated carbocycles. The Morgan fingerprint density at radius 1 is 1.57 bits per heavy atom. The van der Waals surface area contributed by atoms with Gasteiger partial charge >= 0.3 is 0 Å². The standard InChI is InChI=1S/C9H15NO3S/c1-10-13-7-8-4-3-5-9(6-8)14(2,11)12/h5-6,10H,3-4,7H2,1-2H3. The lowest BCUT2D eigenvalue weighted by molar-refractivity contribution is 0.0745. The van der Waals surface area contributed by atoms with Crippen LogP contribution in [0.15, 0.2) is 22.6 Å². The van der Waals surface area contributed by atoms with Crippen molar-refractivity contribution in [3.8, 4) is 0 Å². The van der Waals surface area contributed by atoms with Crippen LogP contribution in [0.4, 0.5) is 0 Å². The van der Waals surface area contributed by atoms with E-state index in [0.29, 0.717) is 11.5 Å². The summed E-state index contributed by atoms with van der Waals surface area (Å²) < 4.78 is 22.5. The van der Waals surface area contributed by atoms with Gasteiger partial charge in [-0.25, -0.2) is 13.9 Å². The molecule has 0 heterocycles. The van der Waals surface area contributed by atoms with Gasteiger partial charge in [-0.3, -0.25) is 4.84 Å². The quantitative estimate of drug-likeness (QED) is 0.707. The molecule has 1 rings (SSSR count). The summed E-state index contributed by atoms with van der Waals surface area (Å²) in [6.07, 6.45) is 6.29. The number of nitrogens with one attached hydrogen (secondary N) is 1. The van der Waals surface area contributed by atoms with Crippen molar-refractivity contribution in [2.45, 2.75) is 12.8 Å². The van der Waals surface area contributed by atoms with Gasteiger partial charge in [0.05, 0.1) is 11.5 Å². The van der Waals surface area contributed by atoms with E-state index in [4.69, 9.17) is 4.84 Å². The van der Waals surface area contributed by atoms with Gasteiger partial charge in [-0.05, 0) is 24.5 Å². The Hall–Kier alpha value is -0.650. The number of sulfone groups is 1. The maximum absolute atomic E-state index is 11.2. The van der Waals surface area contributed by atoms with Crippen LogP contribution in [0.25, 0.3) is 0 Å². The molecule has 80 valence electrons. The molecule has 1 aliphatic rings. The predicted molar refractivity (Wildman–Crippen MR) is 55.3 cm³/mol. The SMILES string of the molecule is CNOCC1=CC(S(C)(=O)=O)=CCC1. The molecular weight excluding hydrogens is 202 g/mol. The van der Waals surface area contributed by atoms with E-state index < -0.39 is 9.84 Å². The van der Waals surface area contributed by atoms with Crippen LogP contribution in [-0.4, -0.2) is 28.3 Å². The number of rotatable bonds is 4. The van der Waals surface area contributed by atoms with Crippen molar-refractivity contribution in [2.24, 2.45) is 0 Å². The average Bonchev–Trinajstić information content (AvgIpc) is 2.14. The Morgan fingerprint density at radius 2 is 2.29 bits per heavy atom. The molecule has 4 nitrogen and oxygen atoms in total. The van der Waals surface area contributed by atoms with Crippen LogP contribution in [0.5, 0.6) is 0 Å². The van der Waals surface area contributed by atoms with Crippen LogP contribution in [-0.2, 0) is 14.7 Å². The van der Waals surface area contributed by atoms with E-state index in [-0.39, 0.29) is 0 Å². The molecule has 0 aliphatic heterocycles. The second-order valence-corrected chi connectivity index (χ2v) is 5.23. The van der Waals surface area contributed by atoms with Crippen molar-refractivity contribution < 1.29 is 13.3 Å². The number of hydroxylamine groups is 1. The molecule has 0 aromatic heterocycles. The highest BCUT2D eigenvalue weighted by Gasteiger charge is 2.13. The molecule has 0 saturated heterocycles. The van der Waals surface area contributed by atoms with Crippen molar-refractivity contribution in [2.75, 3.05) is 19.9 Å². The molecule has 5 heteroatoms. The van der Waals surface area contributed by atoms with Gasteiger partial charge in [-0.1, -0.05) is 6.08 Å². The van der Waals surface area contributed by atoms with Crippen molar-refractivity contribution in [1.29, 1.82) is 0 Å². The smallest absolute Gasteiger partial charge is 0.175 e. The molecule has 0 unspecified atom stereocenters. The van der Waals surface area contributed by atoms with Gasteiger partial charge in [0.25, 0.3) is 0 Å². The normalized spacial score (nSPS) is 17.6. The minimum Gasteiger partial charge on any atom is -0.298 e. The lowest BCUT2D eigenvalue weighted by Crippen LogP contribution is -2.12. The van der Waals surface area contributed by atoms with Crippen LogP contribution in [0.2, 0.25) is 0 Å². The minimum atomic E-state index is -3.08. The first-order valence-corrected chi connectivity index (χ1v) is 6.31. The summed E-state index contributed by atoms with van der Waals surface area (Å²) in [5.41, 5.74) is 3.56. The molecule has 0 aromatic rings. The third-order valence-corrected chi connectivity index (χ3v) is 3.13. The van der Waals surface area contributed by atoms with Gasteiger partial charge in [0.2, 0.25) is 0 Å². The van der Waals surface area contributed by atoms with Gasteiger partial charge in [-0.2, -0.15) is 0 Å². The van der Waals surface area contributed by atoms with E-state index in [1.807, 2.05) is 0 Å². The first-order valence-electron chi connectivity index (χ1n) is 4.42. The molecule has 0 spiro atoms. The Kier molecular flexibility index (Phi) is 3.86. The van der Waals surface area contributed by atoms with Crippen molar-refractivity contribution in [3.63, 3.8) is 0 Å². The van der Waals surface area contributed by atoms with Gasteiger partial charge in [0, 0.05) is 13.3 Å². The predicted octanol–water partition coefficient (Wildman–Crippen LogP) is 0.786. The number of hydrogen-bond donors (Lipinski definition) is 1. The summed E-state index contributed by atoms with van der Waals surface area (Å²) in [4.78, 5) is 5.39. The Labute approximate surface area is 84.5 Å². The number of hydrogen-bond acceptors (Lipinski definition) is 4. The van der Waals surface area contributed by atoms with E-state index in [1.54, 1.807) is 19.2 Å². The highest BCUT2D eigenvalue weighted by Crippen LogP contribution is 2.20. The van der Waals surface area contributed by atoms with Gasteiger partial charge < -0.3 is 0 Å². The monoisotopic (exact) mass is 217 g/mol. The van der Waals surface area contributed by atoms with E-state index in [1.165, 1.54) is 6.26 Å². The zero-order valence-electron chi connectivity index (χ0n) is 8.41. The summed E-state index contributed by atoms with van der Waals surface area (Å²) in [6, 6.07) is 0. The minimum absolute atomic E-state index is 0.401. The Balaban J connectivity index is 2.73. The summed E-state index contributed by atoms with van der Waals surface area (Å²) >= 11 is 0. The number of allylic oxidation sites excluding steroid dienone is 2. The van der Waals surface area contributed by atoms with Gasteiger partial charge in [-0.15, -0.1) is 0 Å². The van der Waals surface area contributed by atoms with Crippen LogP contribution in [0.1, 0.15) is 12.8 Å². The van der Waals surface area contributed by atoms with E-state index in [9.17, 15) is 8.42 Å². The first-order chi connectivity index (χ1) is 6.54. The first kappa shape index (κ1) is 11.4. The van der Waals surface area contributed by atoms with E-state index >= 15 is 0 Å². The second-order valence-electron chi connectivity index (χ2n) is 3.21. The zero-order chi connectivity index (χ0) is 10.6. The van der Waals surface area contributed by atoms with E-state index in [0.717, 1.165) is 18.4 Å². The largest absolute Gasteiger partial charge is 0.298 e. The van der Waals surface area contributed by atoms with Crippen LogP contribution in [0.3, 0.4) is 0 Å².